The number of allylic oxidation sites excluding steroid dienone is 1. The van der Waals surface area contributed by atoms with Crippen molar-refractivity contribution in [1.82, 2.24) is 10.2 Å². The van der Waals surface area contributed by atoms with Crippen LogP contribution in [0, 0.1) is 5.92 Å². The Morgan fingerprint density at radius 3 is 2.42 bits per heavy atom. The number of nitrogens with zero attached hydrogens (tertiary/aromatic N) is 2. The first-order valence-corrected chi connectivity index (χ1v) is 14.8. The van der Waals surface area contributed by atoms with Crippen molar-refractivity contribution in [3.8, 4) is 0 Å². The molecular formula is C34H38N4O5. The standard InChI is InChI=1S/C34H38N4O5/c1-21-29(32(39)40)31(30(33(41)42)22(2)36-21)25-10-5-11-26(20-25)37-34(43)35-16-7-17-38-18-14-24(15-19-38)28-13-6-9-23-8-3-4-12-27(23)28/h3-6,8-13,20,24,29,31H,7,14-19H2,1-2H3,(H,39,40)(H,41,42)(H2,35,37,43). The highest BCUT2D eigenvalue weighted by Crippen LogP contribution is 2.40. The third-order valence-corrected chi connectivity index (χ3v) is 8.62. The molecule has 0 radical (unpaired) electrons. The topological polar surface area (TPSA) is 131 Å². The van der Waals surface area contributed by atoms with Gasteiger partial charge in [0, 0.05) is 29.6 Å². The van der Waals surface area contributed by atoms with Gasteiger partial charge in [-0.15, -0.1) is 0 Å². The molecule has 2 amide bonds. The molecule has 2 aliphatic rings. The average molecular weight is 583 g/mol. The lowest BCUT2D eigenvalue weighted by Crippen LogP contribution is -2.36. The second-order valence-corrected chi connectivity index (χ2v) is 11.4. The fourth-order valence-corrected chi connectivity index (χ4v) is 6.56. The Morgan fingerprint density at radius 1 is 0.953 bits per heavy atom. The summed E-state index contributed by atoms with van der Waals surface area (Å²) in [7, 11) is 0. The van der Waals surface area contributed by atoms with E-state index >= 15 is 0 Å². The second kappa shape index (κ2) is 13.2. The highest BCUT2D eigenvalue weighted by molar-refractivity contribution is 6.06. The fraction of sp³-hybridized carbons (Fsp3) is 0.353. The average Bonchev–Trinajstić information content (AvgIpc) is 2.98. The molecule has 224 valence electrons. The highest BCUT2D eigenvalue weighted by Gasteiger charge is 2.41. The number of nitrogens with one attached hydrogen (secondary N) is 2. The Hall–Kier alpha value is -4.50. The summed E-state index contributed by atoms with van der Waals surface area (Å²) in [6.45, 7) is 6.64. The summed E-state index contributed by atoms with van der Waals surface area (Å²) < 4.78 is 0. The van der Waals surface area contributed by atoms with Crippen LogP contribution in [-0.4, -0.2) is 65.0 Å². The van der Waals surface area contributed by atoms with Crippen molar-refractivity contribution >= 4 is 40.1 Å². The number of carbonyl (C=O) groups is 3. The number of hydrogen-bond donors (Lipinski definition) is 4. The van der Waals surface area contributed by atoms with E-state index in [2.05, 4.69) is 63.0 Å². The number of aliphatic imine (C=N–C) groups is 1. The van der Waals surface area contributed by atoms with Gasteiger partial charge in [-0.1, -0.05) is 54.6 Å². The molecule has 2 atom stereocenters. The van der Waals surface area contributed by atoms with Crippen LogP contribution in [0.2, 0.25) is 0 Å². The maximum absolute atomic E-state index is 12.7. The predicted molar refractivity (Wildman–Crippen MR) is 168 cm³/mol. The number of urea groups is 1. The van der Waals surface area contributed by atoms with Crippen LogP contribution in [0.25, 0.3) is 10.8 Å². The van der Waals surface area contributed by atoms with Gasteiger partial charge in [-0.25, -0.2) is 9.59 Å². The fourth-order valence-electron chi connectivity index (χ4n) is 6.56. The van der Waals surface area contributed by atoms with E-state index in [1.54, 1.807) is 38.1 Å². The van der Waals surface area contributed by atoms with Crippen LogP contribution >= 0.6 is 0 Å². The molecule has 5 rings (SSSR count). The second-order valence-electron chi connectivity index (χ2n) is 11.4. The molecule has 43 heavy (non-hydrogen) atoms. The summed E-state index contributed by atoms with van der Waals surface area (Å²) in [4.78, 5) is 43.5. The molecule has 3 aromatic rings. The van der Waals surface area contributed by atoms with Crippen molar-refractivity contribution in [1.29, 1.82) is 0 Å². The zero-order valence-corrected chi connectivity index (χ0v) is 24.5. The molecule has 0 saturated carbocycles. The van der Waals surface area contributed by atoms with Crippen molar-refractivity contribution in [2.75, 3.05) is 31.5 Å². The van der Waals surface area contributed by atoms with Gasteiger partial charge in [-0.3, -0.25) is 9.79 Å². The lowest BCUT2D eigenvalue weighted by Gasteiger charge is -2.32. The molecule has 0 bridgehead atoms. The molecule has 2 aliphatic heterocycles. The third kappa shape index (κ3) is 6.78. The van der Waals surface area contributed by atoms with Crippen LogP contribution in [0.5, 0.6) is 0 Å². The maximum Gasteiger partial charge on any atom is 0.334 e. The summed E-state index contributed by atoms with van der Waals surface area (Å²) in [5.74, 6) is -3.84. The molecule has 1 fully saturated rings. The number of benzene rings is 3. The van der Waals surface area contributed by atoms with Crippen molar-refractivity contribution in [3.63, 3.8) is 0 Å². The molecule has 4 N–H and O–H groups in total. The normalized spacial score (nSPS) is 19.6. The van der Waals surface area contributed by atoms with Crippen LogP contribution < -0.4 is 10.6 Å². The Morgan fingerprint density at radius 2 is 1.67 bits per heavy atom. The Kier molecular flexibility index (Phi) is 9.21. The van der Waals surface area contributed by atoms with Crippen molar-refractivity contribution in [3.05, 3.63) is 89.1 Å². The SMILES string of the molecule is CC1=NC(C)=C(C(=O)O)C(c2cccc(NC(=O)NCCCN3CCC(c4cccc5ccccc45)CC3)c2)C1C(=O)O. The van der Waals surface area contributed by atoms with Crippen LogP contribution in [0.15, 0.2) is 83.0 Å². The first-order valence-electron chi connectivity index (χ1n) is 14.8. The van der Waals surface area contributed by atoms with Crippen molar-refractivity contribution in [2.45, 2.75) is 44.9 Å². The number of piperidine rings is 1. The van der Waals surface area contributed by atoms with E-state index in [1.807, 2.05) is 0 Å². The summed E-state index contributed by atoms with van der Waals surface area (Å²) in [5.41, 5.74) is 2.95. The van der Waals surface area contributed by atoms with E-state index in [4.69, 9.17) is 0 Å². The first kappa shape index (κ1) is 30.0. The molecular weight excluding hydrogens is 544 g/mol. The molecule has 0 aliphatic carbocycles. The molecule has 2 unspecified atom stereocenters. The minimum atomic E-state index is -1.21. The lowest BCUT2D eigenvalue weighted by molar-refractivity contribution is -0.140. The quantitative estimate of drug-likeness (QED) is 0.234. The first-order chi connectivity index (χ1) is 20.7. The molecule has 9 heteroatoms. The number of carboxylic acid groups (broad SMARTS) is 2. The van der Waals surface area contributed by atoms with Gasteiger partial charge in [-0.2, -0.15) is 0 Å². The number of likely N-dealkylation sites (tertiary alicyclic amines) is 1. The number of amides is 2. The van der Waals surface area contributed by atoms with Gasteiger partial charge in [0.25, 0.3) is 0 Å². The summed E-state index contributed by atoms with van der Waals surface area (Å²) in [6.07, 6.45) is 3.05. The van der Waals surface area contributed by atoms with Gasteiger partial charge in [0.15, 0.2) is 0 Å². The van der Waals surface area contributed by atoms with E-state index in [9.17, 15) is 24.6 Å². The molecule has 2 heterocycles. The van der Waals surface area contributed by atoms with Crippen LogP contribution in [0.4, 0.5) is 10.5 Å². The monoisotopic (exact) mass is 582 g/mol. The number of fused-ring (bicyclic) bond motifs is 1. The largest absolute Gasteiger partial charge is 0.481 e. The number of aliphatic carboxylic acids is 2. The maximum atomic E-state index is 12.7. The smallest absolute Gasteiger partial charge is 0.334 e. The summed E-state index contributed by atoms with van der Waals surface area (Å²) in [5, 5.41) is 28.1. The zero-order valence-electron chi connectivity index (χ0n) is 24.5. The molecule has 3 aromatic carbocycles. The zero-order chi connectivity index (χ0) is 30.5. The number of carboxylic acids is 2. The summed E-state index contributed by atoms with van der Waals surface area (Å²) >= 11 is 0. The molecule has 0 spiro atoms. The number of anilines is 1. The van der Waals surface area contributed by atoms with E-state index in [1.165, 1.54) is 16.3 Å². The van der Waals surface area contributed by atoms with Crippen LogP contribution in [-0.2, 0) is 9.59 Å². The van der Waals surface area contributed by atoms with E-state index in [-0.39, 0.29) is 17.3 Å². The van der Waals surface area contributed by atoms with Gasteiger partial charge in [0.2, 0.25) is 0 Å². The minimum Gasteiger partial charge on any atom is -0.481 e. The van der Waals surface area contributed by atoms with Crippen molar-refractivity contribution < 1.29 is 24.6 Å². The Balaban J connectivity index is 1.12. The van der Waals surface area contributed by atoms with E-state index in [0.29, 0.717) is 29.4 Å². The van der Waals surface area contributed by atoms with Gasteiger partial charge >= 0.3 is 18.0 Å². The van der Waals surface area contributed by atoms with Crippen molar-refractivity contribution in [2.24, 2.45) is 10.9 Å². The number of rotatable bonds is 9. The summed E-state index contributed by atoms with van der Waals surface area (Å²) in [6, 6.07) is 21.5. The van der Waals surface area contributed by atoms with Gasteiger partial charge in [-0.05, 0) is 92.7 Å². The number of hydrogen-bond acceptors (Lipinski definition) is 5. The van der Waals surface area contributed by atoms with Gasteiger partial charge in [0.1, 0.15) is 5.92 Å². The third-order valence-electron chi connectivity index (χ3n) is 8.62. The predicted octanol–water partition coefficient (Wildman–Crippen LogP) is 5.85. The van der Waals surface area contributed by atoms with Gasteiger partial charge < -0.3 is 25.7 Å². The molecule has 0 aromatic heterocycles. The Labute approximate surface area is 251 Å². The lowest BCUT2D eigenvalue weighted by atomic mass is 9.75. The minimum absolute atomic E-state index is 0.0549. The van der Waals surface area contributed by atoms with Gasteiger partial charge in [0.05, 0.1) is 5.57 Å². The van der Waals surface area contributed by atoms with Crippen LogP contribution in [0.1, 0.15) is 56.1 Å². The van der Waals surface area contributed by atoms with E-state index in [0.717, 1.165) is 38.9 Å². The van der Waals surface area contributed by atoms with E-state index < -0.39 is 23.8 Å². The van der Waals surface area contributed by atoms with Crippen LogP contribution in [0.3, 0.4) is 0 Å². The number of carbonyl (C=O) groups excluding carboxylic acids is 1. The Bertz CT molecular complexity index is 1580. The molecule has 9 nitrogen and oxygen atoms in total. The highest BCUT2D eigenvalue weighted by atomic mass is 16.4. The molecule has 1 saturated heterocycles.